The third kappa shape index (κ3) is 2.64. The van der Waals surface area contributed by atoms with Gasteiger partial charge in [-0.05, 0) is 55.8 Å². The van der Waals surface area contributed by atoms with Gasteiger partial charge < -0.3 is 14.5 Å². The van der Waals surface area contributed by atoms with E-state index in [4.69, 9.17) is 9.47 Å². The smallest absolute Gasteiger partial charge is 0.124 e. The molecule has 0 atom stereocenters. The first-order valence-corrected chi connectivity index (χ1v) is 8.64. The molecule has 0 saturated carbocycles. The number of likely N-dealkylation sites (tertiary alicyclic amines) is 1. The highest BCUT2D eigenvalue weighted by atomic mass is 16.5. The van der Waals surface area contributed by atoms with Crippen LogP contribution in [0.1, 0.15) is 30.4 Å². The lowest BCUT2D eigenvalue weighted by Crippen LogP contribution is -2.32. The molecule has 0 aliphatic carbocycles. The summed E-state index contributed by atoms with van der Waals surface area (Å²) in [5, 5.41) is 1.30. The van der Waals surface area contributed by atoms with Gasteiger partial charge in [-0.15, -0.1) is 0 Å². The molecule has 2 fully saturated rings. The maximum Gasteiger partial charge on any atom is 0.124 e. The summed E-state index contributed by atoms with van der Waals surface area (Å²) in [7, 11) is 1.78. The van der Waals surface area contributed by atoms with Crippen molar-refractivity contribution in [3.05, 3.63) is 29.5 Å². The molecular weight excluding hydrogens is 288 g/mol. The minimum Gasteiger partial charge on any atom is -0.496 e. The van der Waals surface area contributed by atoms with Gasteiger partial charge in [0, 0.05) is 49.0 Å². The van der Waals surface area contributed by atoms with Gasteiger partial charge in [-0.3, -0.25) is 4.90 Å². The molecule has 1 aromatic carbocycles. The predicted octanol–water partition coefficient (Wildman–Crippen LogP) is 3.49. The molecule has 2 aromatic rings. The fraction of sp³-hybridized carbons (Fsp3) is 0.579. The number of nitrogens with one attached hydrogen (secondary N) is 1. The van der Waals surface area contributed by atoms with Crippen molar-refractivity contribution in [3.8, 4) is 5.75 Å². The molecule has 0 bridgehead atoms. The molecule has 0 amide bonds. The van der Waals surface area contributed by atoms with Gasteiger partial charge >= 0.3 is 0 Å². The standard InChI is InChI=1S/C19H26N2O2/c1-14-11-17(22-2)16(15-3-7-20-18(14)15)12-21-8-4-19(13-21)5-9-23-10-6-19/h3,7,11,20H,4-6,8-10,12-13H2,1-2H3. The van der Waals surface area contributed by atoms with Gasteiger partial charge in [-0.2, -0.15) is 0 Å². The van der Waals surface area contributed by atoms with Crippen molar-refractivity contribution in [3.63, 3.8) is 0 Å². The van der Waals surface area contributed by atoms with Crippen molar-refractivity contribution in [2.45, 2.75) is 32.7 Å². The van der Waals surface area contributed by atoms with Crippen LogP contribution >= 0.6 is 0 Å². The maximum absolute atomic E-state index is 5.69. The molecule has 0 radical (unpaired) electrons. The SMILES string of the molecule is COc1cc(C)c2[nH]ccc2c1CN1CCC2(CCOCC2)C1. The number of rotatable bonds is 3. The van der Waals surface area contributed by atoms with Gasteiger partial charge in [0.2, 0.25) is 0 Å². The Hall–Kier alpha value is -1.52. The van der Waals surface area contributed by atoms with E-state index in [2.05, 4.69) is 28.9 Å². The van der Waals surface area contributed by atoms with Crippen LogP contribution in [0.2, 0.25) is 0 Å². The monoisotopic (exact) mass is 314 g/mol. The van der Waals surface area contributed by atoms with E-state index in [1.54, 1.807) is 7.11 Å². The minimum absolute atomic E-state index is 0.493. The molecule has 0 unspecified atom stereocenters. The summed E-state index contributed by atoms with van der Waals surface area (Å²) in [4.78, 5) is 5.97. The number of aryl methyl sites for hydroxylation is 1. The average Bonchev–Trinajstić information content (AvgIpc) is 3.19. The number of benzene rings is 1. The van der Waals surface area contributed by atoms with Crippen LogP contribution in [0.25, 0.3) is 10.9 Å². The average molecular weight is 314 g/mol. The largest absolute Gasteiger partial charge is 0.496 e. The van der Waals surface area contributed by atoms with E-state index >= 15 is 0 Å². The molecule has 2 aliphatic heterocycles. The predicted molar refractivity (Wildman–Crippen MR) is 92.0 cm³/mol. The first-order valence-electron chi connectivity index (χ1n) is 8.64. The normalized spacial score (nSPS) is 21.3. The second kappa shape index (κ2) is 5.84. The van der Waals surface area contributed by atoms with Crippen molar-refractivity contribution < 1.29 is 9.47 Å². The van der Waals surface area contributed by atoms with E-state index in [1.807, 2.05) is 6.20 Å². The number of methoxy groups -OCH3 is 1. The van der Waals surface area contributed by atoms with Crippen molar-refractivity contribution in [1.82, 2.24) is 9.88 Å². The Bertz CT molecular complexity index is 701. The van der Waals surface area contributed by atoms with Gasteiger partial charge in [0.05, 0.1) is 7.11 Å². The number of fused-ring (bicyclic) bond motifs is 1. The number of ether oxygens (including phenoxy) is 2. The molecule has 4 heteroatoms. The van der Waals surface area contributed by atoms with Gasteiger partial charge in [-0.1, -0.05) is 0 Å². The quantitative estimate of drug-likeness (QED) is 0.942. The van der Waals surface area contributed by atoms with Crippen molar-refractivity contribution >= 4 is 10.9 Å². The highest BCUT2D eigenvalue weighted by molar-refractivity contribution is 5.88. The molecule has 1 spiro atoms. The van der Waals surface area contributed by atoms with E-state index in [1.165, 1.54) is 54.4 Å². The molecule has 4 nitrogen and oxygen atoms in total. The van der Waals surface area contributed by atoms with Crippen molar-refractivity contribution in [2.75, 3.05) is 33.4 Å². The third-order valence-corrected chi connectivity index (χ3v) is 5.78. The van der Waals surface area contributed by atoms with Gasteiger partial charge in [0.25, 0.3) is 0 Å². The highest BCUT2D eigenvalue weighted by Gasteiger charge is 2.39. The molecule has 2 saturated heterocycles. The Morgan fingerprint density at radius 2 is 2.13 bits per heavy atom. The molecular formula is C19H26N2O2. The number of nitrogens with zero attached hydrogens (tertiary/aromatic N) is 1. The van der Waals surface area contributed by atoms with Crippen LogP contribution in [-0.2, 0) is 11.3 Å². The fourth-order valence-electron chi connectivity index (χ4n) is 4.38. The van der Waals surface area contributed by atoms with E-state index < -0.39 is 0 Å². The lowest BCUT2D eigenvalue weighted by atomic mass is 9.80. The Balaban J connectivity index is 1.61. The Kier molecular flexibility index (Phi) is 3.82. The molecule has 3 heterocycles. The summed E-state index contributed by atoms with van der Waals surface area (Å²) >= 11 is 0. The fourth-order valence-corrected chi connectivity index (χ4v) is 4.38. The number of aromatic nitrogens is 1. The van der Waals surface area contributed by atoms with Crippen LogP contribution in [-0.4, -0.2) is 43.3 Å². The van der Waals surface area contributed by atoms with Gasteiger partial charge in [0.1, 0.15) is 5.75 Å². The lowest BCUT2D eigenvalue weighted by molar-refractivity contribution is 0.0190. The number of hydrogen-bond acceptors (Lipinski definition) is 3. The van der Waals surface area contributed by atoms with Crippen LogP contribution < -0.4 is 4.74 Å². The van der Waals surface area contributed by atoms with Crippen molar-refractivity contribution in [1.29, 1.82) is 0 Å². The highest BCUT2D eigenvalue weighted by Crippen LogP contribution is 2.41. The van der Waals surface area contributed by atoms with Gasteiger partial charge in [-0.25, -0.2) is 0 Å². The molecule has 23 heavy (non-hydrogen) atoms. The summed E-state index contributed by atoms with van der Waals surface area (Å²) in [6.07, 6.45) is 5.77. The molecule has 124 valence electrons. The molecule has 1 N–H and O–H groups in total. The Morgan fingerprint density at radius 3 is 2.91 bits per heavy atom. The summed E-state index contributed by atoms with van der Waals surface area (Å²) in [6.45, 7) is 7.36. The Morgan fingerprint density at radius 1 is 1.30 bits per heavy atom. The van der Waals surface area contributed by atoms with Crippen LogP contribution in [0.4, 0.5) is 0 Å². The molecule has 4 rings (SSSR count). The molecule has 1 aromatic heterocycles. The zero-order valence-corrected chi connectivity index (χ0v) is 14.2. The van der Waals surface area contributed by atoms with E-state index in [0.29, 0.717) is 5.41 Å². The van der Waals surface area contributed by atoms with Crippen LogP contribution in [0.15, 0.2) is 18.3 Å². The van der Waals surface area contributed by atoms with Gasteiger partial charge in [0.15, 0.2) is 0 Å². The lowest BCUT2D eigenvalue weighted by Gasteiger charge is -2.33. The third-order valence-electron chi connectivity index (χ3n) is 5.78. The number of aromatic amines is 1. The topological polar surface area (TPSA) is 37.5 Å². The minimum atomic E-state index is 0.493. The second-order valence-corrected chi connectivity index (χ2v) is 7.21. The summed E-state index contributed by atoms with van der Waals surface area (Å²) in [5.74, 6) is 1.02. The first kappa shape index (κ1) is 15.0. The van der Waals surface area contributed by atoms with Crippen LogP contribution in [0.3, 0.4) is 0 Å². The summed E-state index contributed by atoms with van der Waals surface area (Å²) < 4.78 is 11.3. The van der Waals surface area contributed by atoms with E-state index in [0.717, 1.165) is 25.5 Å². The number of H-pyrrole nitrogens is 1. The Labute approximate surface area is 137 Å². The number of hydrogen-bond donors (Lipinski definition) is 1. The maximum atomic E-state index is 5.69. The van der Waals surface area contributed by atoms with Crippen LogP contribution in [0.5, 0.6) is 5.75 Å². The van der Waals surface area contributed by atoms with E-state index in [-0.39, 0.29) is 0 Å². The zero-order valence-electron chi connectivity index (χ0n) is 14.2. The zero-order chi connectivity index (χ0) is 15.9. The van der Waals surface area contributed by atoms with Crippen LogP contribution in [0, 0.1) is 12.3 Å². The second-order valence-electron chi connectivity index (χ2n) is 7.21. The van der Waals surface area contributed by atoms with E-state index in [9.17, 15) is 0 Å². The first-order chi connectivity index (χ1) is 11.2. The van der Waals surface area contributed by atoms with Crippen molar-refractivity contribution in [2.24, 2.45) is 5.41 Å². The summed E-state index contributed by atoms with van der Waals surface area (Å²) in [5.41, 5.74) is 4.29. The molecule has 2 aliphatic rings. The summed E-state index contributed by atoms with van der Waals surface area (Å²) in [6, 6.07) is 4.34.